The molecular formula is C14H15NO. The molecule has 0 aliphatic rings. The number of carbonyl (C=O) groups excluding carboxylic acids is 1. The van der Waals surface area contributed by atoms with Gasteiger partial charge in [-0.05, 0) is 18.4 Å². The van der Waals surface area contributed by atoms with Crippen LogP contribution in [0.2, 0.25) is 0 Å². The predicted molar refractivity (Wildman–Crippen MR) is 68.3 cm³/mol. The van der Waals surface area contributed by atoms with Gasteiger partial charge in [-0.2, -0.15) is 0 Å². The van der Waals surface area contributed by atoms with Crippen LogP contribution in [0.25, 0.3) is 10.8 Å². The molecule has 16 heavy (non-hydrogen) atoms. The minimum atomic E-state index is 0.758. The highest BCUT2D eigenvalue weighted by Crippen LogP contribution is 2.28. The molecule has 0 aliphatic carbocycles. The van der Waals surface area contributed by atoms with E-state index >= 15 is 0 Å². The number of nitrogens with zero attached hydrogens (tertiary/aromatic N) is 1. The number of aldehydes is 1. The van der Waals surface area contributed by atoms with Crippen LogP contribution in [0.15, 0.2) is 36.4 Å². The molecule has 0 bridgehead atoms. The van der Waals surface area contributed by atoms with Crippen LogP contribution in [0.4, 0.5) is 5.69 Å². The second-order valence-corrected chi connectivity index (χ2v) is 3.85. The molecule has 2 heteroatoms. The molecule has 0 aromatic heterocycles. The van der Waals surface area contributed by atoms with Crippen LogP contribution in [0, 0.1) is 0 Å². The lowest BCUT2D eigenvalue weighted by atomic mass is 10.0. The Morgan fingerprint density at radius 2 is 1.88 bits per heavy atom. The minimum Gasteiger partial charge on any atom is -0.374 e. The van der Waals surface area contributed by atoms with Crippen molar-refractivity contribution in [3.8, 4) is 0 Å². The van der Waals surface area contributed by atoms with Gasteiger partial charge in [0, 0.05) is 30.2 Å². The molecule has 2 nitrogen and oxygen atoms in total. The molecule has 0 N–H and O–H groups in total. The van der Waals surface area contributed by atoms with Crippen LogP contribution >= 0.6 is 0 Å². The van der Waals surface area contributed by atoms with Gasteiger partial charge in [-0.15, -0.1) is 0 Å². The van der Waals surface area contributed by atoms with E-state index in [1.54, 1.807) is 0 Å². The van der Waals surface area contributed by atoms with Crippen molar-refractivity contribution < 1.29 is 4.79 Å². The molecule has 2 aromatic carbocycles. The van der Waals surface area contributed by atoms with Gasteiger partial charge >= 0.3 is 0 Å². The zero-order valence-electron chi connectivity index (χ0n) is 9.60. The maximum Gasteiger partial charge on any atom is 0.150 e. The lowest BCUT2D eigenvalue weighted by molar-refractivity contribution is 0.112. The summed E-state index contributed by atoms with van der Waals surface area (Å²) in [5, 5.41) is 2.16. The lowest BCUT2D eigenvalue weighted by Gasteiger charge is -2.19. The van der Waals surface area contributed by atoms with Gasteiger partial charge in [0.2, 0.25) is 0 Å². The van der Waals surface area contributed by atoms with E-state index in [2.05, 4.69) is 17.9 Å². The Hall–Kier alpha value is -1.83. The number of benzene rings is 2. The van der Waals surface area contributed by atoms with Crippen LogP contribution in [-0.2, 0) is 0 Å². The van der Waals surface area contributed by atoms with Crippen molar-refractivity contribution in [2.45, 2.75) is 6.92 Å². The zero-order chi connectivity index (χ0) is 11.5. The smallest absolute Gasteiger partial charge is 0.150 e. The molecule has 0 atom stereocenters. The number of anilines is 1. The molecule has 0 unspecified atom stereocenters. The van der Waals surface area contributed by atoms with Crippen molar-refractivity contribution in [1.82, 2.24) is 0 Å². The maximum atomic E-state index is 11.1. The first-order valence-electron chi connectivity index (χ1n) is 5.46. The van der Waals surface area contributed by atoms with Crippen LogP contribution < -0.4 is 4.90 Å². The molecular weight excluding hydrogens is 198 g/mol. The Morgan fingerprint density at radius 1 is 1.19 bits per heavy atom. The fraction of sp³-hybridized carbons (Fsp3) is 0.214. The average molecular weight is 213 g/mol. The summed E-state index contributed by atoms with van der Waals surface area (Å²) in [5.74, 6) is 0. The molecule has 0 saturated carbocycles. The van der Waals surface area contributed by atoms with E-state index in [9.17, 15) is 4.79 Å². The molecule has 82 valence electrons. The quantitative estimate of drug-likeness (QED) is 0.730. The summed E-state index contributed by atoms with van der Waals surface area (Å²) in [6.45, 7) is 3.02. The topological polar surface area (TPSA) is 20.3 Å². The standard InChI is InChI=1S/C14H15NO/c1-3-15(2)13-9-5-7-11-6-4-8-12(10-16)14(11)13/h4-10H,3H2,1-2H3. The van der Waals surface area contributed by atoms with Gasteiger partial charge in [-0.3, -0.25) is 4.79 Å². The van der Waals surface area contributed by atoms with Gasteiger partial charge in [0.15, 0.2) is 6.29 Å². The minimum absolute atomic E-state index is 0.758. The van der Waals surface area contributed by atoms with Crippen LogP contribution in [0.3, 0.4) is 0 Å². The highest BCUT2D eigenvalue weighted by molar-refractivity contribution is 6.05. The maximum absolute atomic E-state index is 11.1. The monoisotopic (exact) mass is 213 g/mol. The van der Waals surface area contributed by atoms with Crippen molar-refractivity contribution >= 4 is 22.7 Å². The SMILES string of the molecule is CCN(C)c1cccc2cccc(C=O)c12. The van der Waals surface area contributed by atoms with Gasteiger partial charge in [0.1, 0.15) is 0 Å². The van der Waals surface area contributed by atoms with E-state index in [1.807, 2.05) is 37.4 Å². The van der Waals surface area contributed by atoms with E-state index < -0.39 is 0 Å². The molecule has 0 radical (unpaired) electrons. The highest BCUT2D eigenvalue weighted by Gasteiger charge is 2.07. The largest absolute Gasteiger partial charge is 0.374 e. The number of rotatable bonds is 3. The average Bonchev–Trinajstić information content (AvgIpc) is 2.36. The first-order chi connectivity index (χ1) is 7.77. The van der Waals surface area contributed by atoms with Gasteiger partial charge in [0.05, 0.1) is 0 Å². The third kappa shape index (κ3) is 1.67. The first kappa shape index (κ1) is 10.7. The van der Waals surface area contributed by atoms with E-state index in [4.69, 9.17) is 0 Å². The van der Waals surface area contributed by atoms with Gasteiger partial charge in [0.25, 0.3) is 0 Å². The second-order valence-electron chi connectivity index (χ2n) is 3.85. The Bertz CT molecular complexity index is 514. The van der Waals surface area contributed by atoms with Crippen LogP contribution in [0.5, 0.6) is 0 Å². The Kier molecular flexibility index (Phi) is 2.91. The predicted octanol–water partition coefficient (Wildman–Crippen LogP) is 3.11. The molecule has 2 rings (SSSR count). The number of fused-ring (bicyclic) bond motifs is 1. The van der Waals surface area contributed by atoms with E-state index in [-0.39, 0.29) is 0 Å². The summed E-state index contributed by atoms with van der Waals surface area (Å²) in [6.07, 6.45) is 0.926. The molecule has 0 amide bonds. The molecule has 0 saturated heterocycles. The molecule has 0 spiro atoms. The van der Waals surface area contributed by atoms with Gasteiger partial charge in [-0.1, -0.05) is 30.3 Å². The summed E-state index contributed by atoms with van der Waals surface area (Å²) in [5.41, 5.74) is 1.87. The van der Waals surface area contributed by atoms with E-state index in [1.165, 1.54) is 0 Å². The fourth-order valence-electron chi connectivity index (χ4n) is 1.94. The van der Waals surface area contributed by atoms with Crippen molar-refractivity contribution in [1.29, 1.82) is 0 Å². The summed E-state index contributed by atoms with van der Waals surface area (Å²) in [6, 6.07) is 11.9. The molecule has 0 aliphatic heterocycles. The number of carbonyl (C=O) groups is 1. The summed E-state index contributed by atoms with van der Waals surface area (Å²) in [4.78, 5) is 13.2. The van der Waals surface area contributed by atoms with Crippen molar-refractivity contribution in [2.24, 2.45) is 0 Å². The highest BCUT2D eigenvalue weighted by atomic mass is 16.1. The van der Waals surface area contributed by atoms with Crippen LogP contribution in [0.1, 0.15) is 17.3 Å². The van der Waals surface area contributed by atoms with Gasteiger partial charge in [-0.25, -0.2) is 0 Å². The first-order valence-corrected chi connectivity index (χ1v) is 5.46. The fourth-order valence-corrected chi connectivity index (χ4v) is 1.94. The Morgan fingerprint density at radius 3 is 2.50 bits per heavy atom. The van der Waals surface area contributed by atoms with Crippen molar-refractivity contribution in [3.63, 3.8) is 0 Å². The zero-order valence-corrected chi connectivity index (χ0v) is 9.60. The summed E-state index contributed by atoms with van der Waals surface area (Å²) >= 11 is 0. The normalized spacial score (nSPS) is 10.4. The Labute approximate surface area is 95.5 Å². The van der Waals surface area contributed by atoms with E-state index in [0.717, 1.165) is 34.9 Å². The van der Waals surface area contributed by atoms with Crippen LogP contribution in [-0.4, -0.2) is 19.9 Å². The Balaban J connectivity index is 2.78. The molecule has 0 heterocycles. The lowest BCUT2D eigenvalue weighted by Crippen LogP contribution is -2.16. The molecule has 0 fully saturated rings. The number of hydrogen-bond acceptors (Lipinski definition) is 2. The second kappa shape index (κ2) is 4.35. The molecule has 2 aromatic rings. The number of hydrogen-bond donors (Lipinski definition) is 0. The summed E-state index contributed by atoms with van der Waals surface area (Å²) in [7, 11) is 2.04. The third-order valence-corrected chi connectivity index (χ3v) is 2.93. The van der Waals surface area contributed by atoms with E-state index in [0.29, 0.717) is 0 Å². The third-order valence-electron chi connectivity index (χ3n) is 2.93. The summed E-state index contributed by atoms with van der Waals surface area (Å²) < 4.78 is 0. The van der Waals surface area contributed by atoms with Crippen molar-refractivity contribution in [3.05, 3.63) is 42.0 Å². The van der Waals surface area contributed by atoms with Gasteiger partial charge < -0.3 is 4.90 Å². The van der Waals surface area contributed by atoms with Crippen molar-refractivity contribution in [2.75, 3.05) is 18.5 Å².